The highest BCUT2D eigenvalue weighted by Crippen LogP contribution is 2.44. The van der Waals surface area contributed by atoms with E-state index < -0.39 is 35.2 Å². The first-order chi connectivity index (χ1) is 18.4. The molecule has 0 radical (unpaired) electrons. The molecule has 1 saturated heterocycles. The van der Waals surface area contributed by atoms with Crippen molar-refractivity contribution >= 4 is 11.6 Å². The summed E-state index contributed by atoms with van der Waals surface area (Å²) in [5.41, 5.74) is -1.98. The molecule has 13 heteroatoms. The highest BCUT2D eigenvalue weighted by atomic mass is 19.4. The van der Waals surface area contributed by atoms with E-state index in [9.17, 15) is 35.5 Å². The summed E-state index contributed by atoms with van der Waals surface area (Å²) < 4.78 is 96.8. The number of alkyl halides is 5. The van der Waals surface area contributed by atoms with Crippen LogP contribution in [0, 0.1) is 11.6 Å². The number of nitrogens with zero attached hydrogens (tertiary/aromatic N) is 5. The summed E-state index contributed by atoms with van der Waals surface area (Å²) in [6, 6.07) is 12.3. The van der Waals surface area contributed by atoms with Crippen LogP contribution in [-0.4, -0.2) is 62.7 Å². The average Bonchev–Trinajstić information content (AvgIpc) is 3.33. The molecule has 2 aromatic carbocycles. The van der Waals surface area contributed by atoms with E-state index in [1.54, 1.807) is 18.2 Å². The Labute approximate surface area is 217 Å². The van der Waals surface area contributed by atoms with Crippen LogP contribution in [0.2, 0.25) is 0 Å². The third-order valence-electron chi connectivity index (χ3n) is 6.48. The second-order valence-electron chi connectivity index (χ2n) is 9.07. The van der Waals surface area contributed by atoms with Gasteiger partial charge in [0.1, 0.15) is 17.3 Å². The van der Waals surface area contributed by atoms with Crippen LogP contribution in [0.3, 0.4) is 0 Å². The molecule has 1 fully saturated rings. The van der Waals surface area contributed by atoms with Crippen LogP contribution in [0.25, 0.3) is 16.9 Å². The number of halogens is 7. The predicted octanol–water partition coefficient (Wildman–Crippen LogP) is 5.29. The molecule has 3 heterocycles. The standard InChI is InChI=1S/C26H20F7N5O/c27-18-7-5-16(6-8-18)20-13-22(25(29,30)26(31,32)33)38-23(34-20)14-21(35-38)24(39)37-11-9-36(10-12-37)15-17-3-1-2-4-19(17)28/h1-8,13-14H,9-12,15H2. The molecule has 1 aliphatic rings. The minimum atomic E-state index is -5.95. The first kappa shape index (κ1) is 26.6. The van der Waals surface area contributed by atoms with Gasteiger partial charge < -0.3 is 4.90 Å². The van der Waals surface area contributed by atoms with Crippen LogP contribution in [0.5, 0.6) is 0 Å². The summed E-state index contributed by atoms with van der Waals surface area (Å²) in [4.78, 5) is 20.6. The molecule has 6 nitrogen and oxygen atoms in total. The maximum atomic E-state index is 14.6. The lowest BCUT2D eigenvalue weighted by Crippen LogP contribution is -2.48. The molecular formula is C26H20F7N5O. The van der Waals surface area contributed by atoms with Gasteiger partial charge in [0.25, 0.3) is 5.91 Å². The number of fused-ring (bicyclic) bond motifs is 1. The molecule has 0 spiro atoms. The van der Waals surface area contributed by atoms with Gasteiger partial charge in [0.15, 0.2) is 11.3 Å². The molecule has 5 rings (SSSR count). The Bertz CT molecular complexity index is 1510. The highest BCUT2D eigenvalue weighted by Gasteiger charge is 2.60. The first-order valence-corrected chi connectivity index (χ1v) is 11.8. The van der Waals surface area contributed by atoms with Crippen molar-refractivity contribution in [2.75, 3.05) is 26.2 Å². The topological polar surface area (TPSA) is 53.7 Å². The van der Waals surface area contributed by atoms with Gasteiger partial charge >= 0.3 is 12.1 Å². The summed E-state index contributed by atoms with van der Waals surface area (Å²) >= 11 is 0. The van der Waals surface area contributed by atoms with Gasteiger partial charge in [0.05, 0.1) is 5.69 Å². The third kappa shape index (κ3) is 5.18. The van der Waals surface area contributed by atoms with E-state index in [0.29, 0.717) is 35.8 Å². The third-order valence-corrected chi connectivity index (χ3v) is 6.48. The van der Waals surface area contributed by atoms with E-state index in [4.69, 9.17) is 0 Å². The van der Waals surface area contributed by atoms with Crippen molar-refractivity contribution in [3.63, 3.8) is 0 Å². The SMILES string of the molecule is O=C(c1cc2nc(-c3ccc(F)cc3)cc(C(F)(F)C(F)(F)F)n2n1)N1CCN(Cc2ccccc2F)CC1. The van der Waals surface area contributed by atoms with Crippen molar-refractivity contribution in [1.82, 2.24) is 24.4 Å². The molecule has 4 aromatic rings. The lowest BCUT2D eigenvalue weighted by Gasteiger charge is -2.34. The normalized spacial score (nSPS) is 15.2. The van der Waals surface area contributed by atoms with Crippen LogP contribution in [0.15, 0.2) is 60.7 Å². The summed E-state index contributed by atoms with van der Waals surface area (Å²) in [5, 5.41) is 3.77. The fourth-order valence-corrected chi connectivity index (χ4v) is 4.36. The van der Waals surface area contributed by atoms with Gasteiger partial charge in [-0.25, -0.2) is 18.3 Å². The average molecular weight is 551 g/mol. The lowest BCUT2D eigenvalue weighted by atomic mass is 10.1. The Hall–Kier alpha value is -4.00. The zero-order valence-electron chi connectivity index (χ0n) is 20.1. The van der Waals surface area contributed by atoms with Gasteiger partial charge in [-0.1, -0.05) is 18.2 Å². The second kappa shape index (κ2) is 9.95. The predicted molar refractivity (Wildman–Crippen MR) is 126 cm³/mol. The van der Waals surface area contributed by atoms with Crippen LogP contribution >= 0.6 is 0 Å². The molecule has 0 saturated carbocycles. The summed E-state index contributed by atoms with van der Waals surface area (Å²) in [5.74, 6) is -6.98. The van der Waals surface area contributed by atoms with Gasteiger partial charge in [-0.3, -0.25) is 9.69 Å². The van der Waals surface area contributed by atoms with Gasteiger partial charge in [-0.05, 0) is 36.4 Å². The maximum Gasteiger partial charge on any atom is 0.459 e. The number of aromatic nitrogens is 3. The smallest absolute Gasteiger partial charge is 0.335 e. The fourth-order valence-electron chi connectivity index (χ4n) is 4.36. The monoisotopic (exact) mass is 551 g/mol. The van der Waals surface area contributed by atoms with Crippen LogP contribution in [0.4, 0.5) is 30.7 Å². The van der Waals surface area contributed by atoms with Gasteiger partial charge in [-0.15, -0.1) is 0 Å². The van der Waals surface area contributed by atoms with E-state index in [2.05, 4.69) is 10.1 Å². The maximum absolute atomic E-state index is 14.6. The Morgan fingerprint density at radius 1 is 0.872 bits per heavy atom. The molecule has 1 aliphatic heterocycles. The van der Waals surface area contributed by atoms with Crippen molar-refractivity contribution in [3.05, 3.63) is 89.2 Å². The van der Waals surface area contributed by atoms with E-state index in [1.807, 2.05) is 4.90 Å². The van der Waals surface area contributed by atoms with E-state index in [0.717, 1.165) is 18.2 Å². The minimum Gasteiger partial charge on any atom is -0.335 e. The number of piperazine rings is 1. The molecule has 0 bridgehead atoms. The number of hydrogen-bond donors (Lipinski definition) is 0. The lowest BCUT2D eigenvalue weighted by molar-refractivity contribution is -0.291. The van der Waals surface area contributed by atoms with Gasteiger partial charge in [0.2, 0.25) is 0 Å². The number of benzene rings is 2. The number of carbonyl (C=O) groups excluding carboxylic acids is 1. The molecular weight excluding hydrogens is 531 g/mol. The Morgan fingerprint density at radius 3 is 2.18 bits per heavy atom. The minimum absolute atomic E-state index is 0.0955. The number of hydrogen-bond acceptors (Lipinski definition) is 4. The van der Waals surface area contributed by atoms with Crippen LogP contribution < -0.4 is 0 Å². The van der Waals surface area contributed by atoms with Gasteiger partial charge in [0, 0.05) is 49.9 Å². The van der Waals surface area contributed by atoms with Crippen molar-refractivity contribution in [3.8, 4) is 11.3 Å². The Balaban J connectivity index is 1.43. The molecule has 0 aliphatic carbocycles. The molecule has 0 atom stereocenters. The summed E-state index contributed by atoms with van der Waals surface area (Å²) in [7, 11) is 0. The zero-order chi connectivity index (χ0) is 27.9. The molecule has 1 amide bonds. The van der Waals surface area contributed by atoms with Gasteiger partial charge in [-0.2, -0.15) is 27.1 Å². The second-order valence-corrected chi connectivity index (χ2v) is 9.07. The van der Waals surface area contributed by atoms with Crippen LogP contribution in [0.1, 0.15) is 21.7 Å². The largest absolute Gasteiger partial charge is 0.459 e. The molecule has 2 aromatic heterocycles. The number of carbonyl (C=O) groups is 1. The molecule has 39 heavy (non-hydrogen) atoms. The quantitative estimate of drug-likeness (QED) is 0.317. The van der Waals surface area contributed by atoms with Crippen molar-refractivity contribution < 1.29 is 35.5 Å². The Kier molecular flexibility index (Phi) is 6.79. The molecule has 204 valence electrons. The highest BCUT2D eigenvalue weighted by molar-refractivity contribution is 5.93. The number of rotatable bonds is 5. The van der Waals surface area contributed by atoms with E-state index in [-0.39, 0.29) is 35.9 Å². The first-order valence-electron chi connectivity index (χ1n) is 11.8. The number of amides is 1. The van der Waals surface area contributed by atoms with E-state index in [1.165, 1.54) is 23.1 Å². The van der Waals surface area contributed by atoms with Crippen LogP contribution in [-0.2, 0) is 12.5 Å². The van der Waals surface area contributed by atoms with E-state index >= 15 is 0 Å². The summed E-state index contributed by atoms with van der Waals surface area (Å²) in [6.07, 6.45) is -5.95. The molecule has 0 unspecified atom stereocenters. The van der Waals surface area contributed by atoms with Crippen molar-refractivity contribution in [1.29, 1.82) is 0 Å². The Morgan fingerprint density at radius 2 is 1.54 bits per heavy atom. The van der Waals surface area contributed by atoms with Crippen molar-refractivity contribution in [2.24, 2.45) is 0 Å². The zero-order valence-corrected chi connectivity index (χ0v) is 20.1. The van der Waals surface area contributed by atoms with Crippen molar-refractivity contribution in [2.45, 2.75) is 18.6 Å². The summed E-state index contributed by atoms with van der Waals surface area (Å²) in [6.45, 7) is 1.52. The molecule has 0 N–H and O–H groups in total. The fraction of sp³-hybridized carbons (Fsp3) is 0.269.